The van der Waals surface area contributed by atoms with Gasteiger partial charge in [0, 0.05) is 5.56 Å². The van der Waals surface area contributed by atoms with Crippen LogP contribution in [0.15, 0.2) is 54.6 Å². The number of amides is 2. The number of para-hydroxylation sites is 1. The van der Waals surface area contributed by atoms with Crippen LogP contribution in [0, 0.1) is 0 Å². The Morgan fingerprint density at radius 3 is 1.60 bits per heavy atom. The van der Waals surface area contributed by atoms with Crippen molar-refractivity contribution in [1.82, 2.24) is 0 Å². The van der Waals surface area contributed by atoms with Gasteiger partial charge in [0.05, 0.1) is 5.69 Å². The maximum Gasteiger partial charge on any atom is 0.472 e. The Labute approximate surface area is 137 Å². The smallest absolute Gasteiger partial charge is 0.263 e. The molecular weight excluding hydrogens is 352 g/mol. The molecular formula is C16H9F6NO2. The second-order valence-corrected chi connectivity index (χ2v) is 4.82. The standard InChI is InChI=1S/C16H9F6NO2/c17-15(18,19)13(24)23(14(25)16(20,21)22)12-9-5-4-8-11(12)10-6-2-1-3-7-10/h1-9H. The third kappa shape index (κ3) is 3.98. The molecule has 0 radical (unpaired) electrons. The SMILES string of the molecule is O=C(N(C(=O)C(F)(F)F)c1ccccc1-c1ccccc1)C(F)(F)F. The monoisotopic (exact) mass is 361 g/mol. The molecule has 0 unspecified atom stereocenters. The maximum atomic E-state index is 12.8. The van der Waals surface area contributed by atoms with E-state index < -0.39 is 34.8 Å². The number of imide groups is 1. The number of rotatable bonds is 2. The molecule has 0 fully saturated rings. The fourth-order valence-electron chi connectivity index (χ4n) is 2.10. The molecule has 132 valence electrons. The van der Waals surface area contributed by atoms with Crippen LogP contribution in [0.25, 0.3) is 11.1 Å². The van der Waals surface area contributed by atoms with Crippen molar-refractivity contribution >= 4 is 17.5 Å². The average Bonchev–Trinajstić information content (AvgIpc) is 2.54. The van der Waals surface area contributed by atoms with Crippen LogP contribution >= 0.6 is 0 Å². The zero-order chi connectivity index (χ0) is 18.8. The molecule has 0 N–H and O–H groups in total. The van der Waals surface area contributed by atoms with Crippen molar-refractivity contribution < 1.29 is 35.9 Å². The van der Waals surface area contributed by atoms with E-state index in [4.69, 9.17) is 0 Å². The molecule has 0 aliphatic rings. The Kier molecular flexibility index (Phi) is 4.87. The first-order valence-electron chi connectivity index (χ1n) is 6.70. The molecule has 0 aromatic heterocycles. The fourth-order valence-corrected chi connectivity index (χ4v) is 2.10. The van der Waals surface area contributed by atoms with Gasteiger partial charge in [-0.3, -0.25) is 9.59 Å². The van der Waals surface area contributed by atoms with Gasteiger partial charge in [-0.1, -0.05) is 48.5 Å². The van der Waals surface area contributed by atoms with Gasteiger partial charge in [0.25, 0.3) is 0 Å². The normalized spacial score (nSPS) is 11.9. The van der Waals surface area contributed by atoms with Gasteiger partial charge in [0.15, 0.2) is 0 Å². The number of nitrogens with zero attached hydrogens (tertiary/aromatic N) is 1. The second-order valence-electron chi connectivity index (χ2n) is 4.82. The Morgan fingerprint density at radius 1 is 0.680 bits per heavy atom. The average molecular weight is 361 g/mol. The zero-order valence-corrected chi connectivity index (χ0v) is 12.2. The van der Waals surface area contributed by atoms with E-state index in [-0.39, 0.29) is 11.1 Å². The zero-order valence-electron chi connectivity index (χ0n) is 12.2. The van der Waals surface area contributed by atoms with Crippen LogP contribution in [0.4, 0.5) is 32.0 Å². The molecule has 0 saturated carbocycles. The van der Waals surface area contributed by atoms with E-state index in [1.165, 1.54) is 36.4 Å². The highest BCUT2D eigenvalue weighted by Crippen LogP contribution is 2.35. The number of anilines is 1. The van der Waals surface area contributed by atoms with Crippen molar-refractivity contribution in [1.29, 1.82) is 0 Å². The lowest BCUT2D eigenvalue weighted by molar-refractivity contribution is -0.181. The van der Waals surface area contributed by atoms with Gasteiger partial charge in [-0.25, -0.2) is 4.90 Å². The number of carbonyl (C=O) groups excluding carboxylic acids is 2. The molecule has 0 spiro atoms. The van der Waals surface area contributed by atoms with Gasteiger partial charge in [-0.2, -0.15) is 26.3 Å². The molecule has 9 heteroatoms. The molecule has 2 aromatic rings. The number of hydrogen-bond donors (Lipinski definition) is 0. The fraction of sp³-hybridized carbons (Fsp3) is 0.125. The number of alkyl halides is 6. The number of carbonyl (C=O) groups is 2. The highest BCUT2D eigenvalue weighted by molar-refractivity contribution is 6.20. The molecule has 0 bridgehead atoms. The van der Waals surface area contributed by atoms with E-state index in [2.05, 4.69) is 0 Å². The molecule has 3 nitrogen and oxygen atoms in total. The van der Waals surface area contributed by atoms with Gasteiger partial charge in [-0.05, 0) is 11.6 Å². The highest BCUT2D eigenvalue weighted by atomic mass is 19.4. The molecule has 0 atom stereocenters. The molecule has 2 amide bonds. The molecule has 0 heterocycles. The number of benzene rings is 2. The lowest BCUT2D eigenvalue weighted by Gasteiger charge is -2.25. The molecule has 25 heavy (non-hydrogen) atoms. The number of halogens is 6. The molecule has 2 rings (SSSR count). The third-order valence-electron chi connectivity index (χ3n) is 3.12. The largest absolute Gasteiger partial charge is 0.472 e. The van der Waals surface area contributed by atoms with Gasteiger partial charge >= 0.3 is 24.2 Å². The van der Waals surface area contributed by atoms with Gasteiger partial charge < -0.3 is 0 Å². The van der Waals surface area contributed by atoms with E-state index in [0.29, 0.717) is 0 Å². The van der Waals surface area contributed by atoms with Gasteiger partial charge in [0.2, 0.25) is 0 Å². The first kappa shape index (κ1) is 18.5. The first-order chi connectivity index (χ1) is 11.5. The van der Waals surface area contributed by atoms with Crippen LogP contribution in [0.5, 0.6) is 0 Å². The van der Waals surface area contributed by atoms with Crippen molar-refractivity contribution in [3.05, 3.63) is 54.6 Å². The predicted molar refractivity (Wildman–Crippen MR) is 76.5 cm³/mol. The van der Waals surface area contributed by atoms with Crippen LogP contribution in [0.1, 0.15) is 0 Å². The summed E-state index contributed by atoms with van der Waals surface area (Å²) >= 11 is 0. The van der Waals surface area contributed by atoms with Crippen molar-refractivity contribution in [2.24, 2.45) is 0 Å². The summed E-state index contributed by atoms with van der Waals surface area (Å²) in [5.41, 5.74) is -0.690. The van der Waals surface area contributed by atoms with E-state index in [0.717, 1.165) is 12.1 Å². The van der Waals surface area contributed by atoms with E-state index >= 15 is 0 Å². The van der Waals surface area contributed by atoms with Crippen molar-refractivity contribution in [2.45, 2.75) is 12.4 Å². The quantitative estimate of drug-likeness (QED) is 0.747. The van der Waals surface area contributed by atoms with Crippen molar-refractivity contribution in [3.63, 3.8) is 0 Å². The Bertz CT molecular complexity index is 757. The van der Waals surface area contributed by atoms with Crippen LogP contribution < -0.4 is 4.90 Å². The summed E-state index contributed by atoms with van der Waals surface area (Å²) in [7, 11) is 0. The van der Waals surface area contributed by atoms with Crippen LogP contribution in [-0.2, 0) is 9.59 Å². The molecule has 0 aliphatic heterocycles. The second kappa shape index (κ2) is 6.58. The van der Waals surface area contributed by atoms with Crippen LogP contribution in [0.3, 0.4) is 0 Å². The summed E-state index contributed by atoms with van der Waals surface area (Å²) < 4.78 is 76.5. The maximum absolute atomic E-state index is 12.8. The summed E-state index contributed by atoms with van der Waals surface area (Å²) in [6.45, 7) is 0. The minimum absolute atomic E-state index is 0.127. The van der Waals surface area contributed by atoms with Gasteiger partial charge in [-0.15, -0.1) is 0 Å². The van der Waals surface area contributed by atoms with Gasteiger partial charge in [0.1, 0.15) is 0 Å². The Hall–Kier alpha value is -2.84. The highest BCUT2D eigenvalue weighted by Gasteiger charge is 2.53. The summed E-state index contributed by atoms with van der Waals surface area (Å²) in [5.74, 6) is -5.84. The minimum Gasteiger partial charge on any atom is -0.263 e. The van der Waals surface area contributed by atoms with E-state index in [1.807, 2.05) is 0 Å². The number of hydrogen-bond acceptors (Lipinski definition) is 2. The van der Waals surface area contributed by atoms with E-state index in [9.17, 15) is 35.9 Å². The molecule has 0 saturated heterocycles. The Morgan fingerprint density at radius 2 is 1.12 bits per heavy atom. The summed E-state index contributed by atoms with van der Waals surface area (Å²) in [6, 6.07) is 12.0. The minimum atomic E-state index is -5.66. The summed E-state index contributed by atoms with van der Waals surface area (Å²) in [6.07, 6.45) is -11.3. The van der Waals surface area contributed by atoms with E-state index in [1.54, 1.807) is 6.07 Å². The molecule has 0 aliphatic carbocycles. The lowest BCUT2D eigenvalue weighted by Crippen LogP contribution is -2.50. The third-order valence-corrected chi connectivity index (χ3v) is 3.12. The first-order valence-corrected chi connectivity index (χ1v) is 6.70. The summed E-state index contributed by atoms with van der Waals surface area (Å²) in [4.78, 5) is 22.1. The topological polar surface area (TPSA) is 37.4 Å². The van der Waals surface area contributed by atoms with Crippen LogP contribution in [0.2, 0.25) is 0 Å². The summed E-state index contributed by atoms with van der Waals surface area (Å²) in [5, 5.41) is 0. The van der Waals surface area contributed by atoms with Crippen molar-refractivity contribution in [2.75, 3.05) is 4.90 Å². The molecule has 2 aromatic carbocycles. The van der Waals surface area contributed by atoms with Crippen LogP contribution in [-0.4, -0.2) is 24.2 Å². The lowest BCUT2D eigenvalue weighted by atomic mass is 10.0. The predicted octanol–water partition coefficient (Wildman–Crippen LogP) is 4.34. The van der Waals surface area contributed by atoms with Crippen molar-refractivity contribution in [3.8, 4) is 11.1 Å². The Balaban J connectivity index is 2.68.